The highest BCUT2D eigenvalue weighted by Crippen LogP contribution is 2.24. The summed E-state index contributed by atoms with van der Waals surface area (Å²) in [5.41, 5.74) is 2.76. The molecule has 0 fully saturated rings. The quantitative estimate of drug-likeness (QED) is 0.367. The van der Waals surface area contributed by atoms with Crippen molar-refractivity contribution < 1.29 is 23.2 Å². The zero-order valence-electron chi connectivity index (χ0n) is 19.0. The number of oxazole rings is 1. The van der Waals surface area contributed by atoms with Crippen LogP contribution in [-0.4, -0.2) is 28.9 Å². The van der Waals surface area contributed by atoms with Crippen LogP contribution in [0.25, 0.3) is 11.5 Å². The Morgan fingerprint density at radius 3 is 2.56 bits per heavy atom. The van der Waals surface area contributed by atoms with Crippen molar-refractivity contribution in [1.29, 1.82) is 0 Å². The number of nitrogens with zero attached hydrogens (tertiary/aromatic N) is 2. The molecule has 0 radical (unpaired) electrons. The molecule has 0 aliphatic rings. The summed E-state index contributed by atoms with van der Waals surface area (Å²) in [6.07, 6.45) is 0.229. The van der Waals surface area contributed by atoms with E-state index in [1.165, 1.54) is 11.3 Å². The molecule has 0 spiro atoms. The zero-order valence-corrected chi connectivity index (χ0v) is 19.8. The van der Waals surface area contributed by atoms with Crippen LogP contribution in [0.15, 0.2) is 50.6 Å². The largest absolute Gasteiger partial charge is 0.453 e. The van der Waals surface area contributed by atoms with Gasteiger partial charge in [-0.25, -0.2) is 9.97 Å². The first-order valence-electron chi connectivity index (χ1n) is 10.5. The summed E-state index contributed by atoms with van der Waals surface area (Å²) in [7, 11) is 1.56. The van der Waals surface area contributed by atoms with Crippen LogP contribution in [0, 0.1) is 13.8 Å². The Bertz CT molecular complexity index is 1290. The van der Waals surface area contributed by atoms with Gasteiger partial charge in [0.1, 0.15) is 23.8 Å². The van der Waals surface area contributed by atoms with Crippen LogP contribution >= 0.6 is 11.3 Å². The predicted molar refractivity (Wildman–Crippen MR) is 126 cm³/mol. The predicted octanol–water partition coefficient (Wildman–Crippen LogP) is 4.27. The molecule has 10 heteroatoms. The van der Waals surface area contributed by atoms with Gasteiger partial charge in [-0.15, -0.1) is 11.3 Å². The molecule has 4 aromatic rings. The number of methoxy groups -OCH3 is 1. The topological polar surface area (TPSA) is 119 Å². The lowest BCUT2D eigenvalue weighted by atomic mass is 10.2. The van der Waals surface area contributed by atoms with Gasteiger partial charge in [-0.1, -0.05) is 0 Å². The number of thiazole rings is 1. The maximum atomic E-state index is 12.4. The van der Waals surface area contributed by atoms with Crippen LogP contribution in [0.2, 0.25) is 0 Å². The summed E-state index contributed by atoms with van der Waals surface area (Å²) in [6, 6.07) is 10.4. The van der Waals surface area contributed by atoms with E-state index in [2.05, 4.69) is 20.6 Å². The van der Waals surface area contributed by atoms with Crippen molar-refractivity contribution >= 4 is 28.8 Å². The number of nitrogens with one attached hydrogen (secondary N) is 2. The Morgan fingerprint density at radius 1 is 1.06 bits per heavy atom. The lowest BCUT2D eigenvalue weighted by Crippen LogP contribution is -2.25. The summed E-state index contributed by atoms with van der Waals surface area (Å²) < 4.78 is 16.2. The first kappa shape index (κ1) is 23.4. The van der Waals surface area contributed by atoms with Crippen LogP contribution < -0.4 is 10.6 Å². The molecule has 2 amide bonds. The van der Waals surface area contributed by atoms with Gasteiger partial charge in [0.15, 0.2) is 5.76 Å². The minimum absolute atomic E-state index is 0.125. The Labute approximate surface area is 200 Å². The van der Waals surface area contributed by atoms with Crippen molar-refractivity contribution in [3.63, 3.8) is 0 Å². The second-order valence-electron chi connectivity index (χ2n) is 7.56. The fourth-order valence-corrected chi connectivity index (χ4v) is 3.84. The van der Waals surface area contributed by atoms with Gasteiger partial charge < -0.3 is 24.2 Å². The number of benzene rings is 1. The maximum absolute atomic E-state index is 12.4. The number of rotatable bonds is 9. The minimum Gasteiger partial charge on any atom is -0.453 e. The molecule has 4 rings (SSSR count). The molecule has 3 heterocycles. The van der Waals surface area contributed by atoms with Crippen molar-refractivity contribution in [1.82, 2.24) is 15.3 Å². The summed E-state index contributed by atoms with van der Waals surface area (Å²) in [5, 5.41) is 8.46. The number of carbonyl (C=O) groups excluding carboxylic acids is 2. The third-order valence-electron chi connectivity index (χ3n) is 4.92. The first-order chi connectivity index (χ1) is 16.4. The summed E-state index contributed by atoms with van der Waals surface area (Å²) in [5.74, 6) is 1.36. The van der Waals surface area contributed by atoms with E-state index in [9.17, 15) is 9.59 Å². The number of amides is 2. The molecule has 2 N–H and O–H groups in total. The molecule has 0 saturated carbocycles. The Hall–Kier alpha value is -3.76. The molecule has 0 aliphatic heterocycles. The van der Waals surface area contributed by atoms with Crippen LogP contribution in [0.4, 0.5) is 5.69 Å². The van der Waals surface area contributed by atoms with Crippen LogP contribution in [0.3, 0.4) is 0 Å². The Morgan fingerprint density at radius 2 is 1.85 bits per heavy atom. The molecule has 0 atom stereocenters. The highest BCUT2D eigenvalue weighted by atomic mass is 32.1. The third kappa shape index (κ3) is 5.77. The molecular weight excluding hydrogens is 456 g/mol. The van der Waals surface area contributed by atoms with Crippen molar-refractivity contribution in [2.45, 2.75) is 33.4 Å². The summed E-state index contributed by atoms with van der Waals surface area (Å²) in [6.45, 7) is 4.27. The van der Waals surface area contributed by atoms with Crippen LogP contribution in [0.1, 0.15) is 38.5 Å². The number of hydrogen-bond donors (Lipinski definition) is 2. The van der Waals surface area contributed by atoms with Crippen LogP contribution in [0.5, 0.6) is 0 Å². The van der Waals surface area contributed by atoms with Crippen molar-refractivity contribution in [2.24, 2.45) is 0 Å². The lowest BCUT2D eigenvalue weighted by molar-refractivity contribution is -0.120. The molecule has 1 aromatic carbocycles. The zero-order chi connectivity index (χ0) is 24.1. The molecule has 34 heavy (non-hydrogen) atoms. The van der Waals surface area contributed by atoms with Gasteiger partial charge in [0.2, 0.25) is 11.8 Å². The summed E-state index contributed by atoms with van der Waals surface area (Å²) >= 11 is 1.52. The van der Waals surface area contributed by atoms with Crippen molar-refractivity contribution in [2.75, 3.05) is 12.4 Å². The van der Waals surface area contributed by atoms with E-state index in [1.54, 1.807) is 50.4 Å². The molecule has 0 saturated heterocycles. The van der Waals surface area contributed by atoms with Gasteiger partial charge in [0.25, 0.3) is 5.91 Å². The highest BCUT2D eigenvalue weighted by Gasteiger charge is 2.15. The smallest absolute Gasteiger partial charge is 0.291 e. The van der Waals surface area contributed by atoms with E-state index < -0.39 is 0 Å². The van der Waals surface area contributed by atoms with E-state index >= 15 is 0 Å². The van der Waals surface area contributed by atoms with E-state index in [0.717, 1.165) is 16.3 Å². The first-order valence-corrected chi connectivity index (χ1v) is 11.4. The molecule has 0 unspecified atom stereocenters. The molecule has 9 nitrogen and oxygen atoms in total. The number of aryl methyl sites for hydroxylation is 2. The van der Waals surface area contributed by atoms with Crippen molar-refractivity contribution in [3.05, 3.63) is 75.5 Å². The van der Waals surface area contributed by atoms with Gasteiger partial charge in [-0.2, -0.15) is 0 Å². The van der Waals surface area contributed by atoms with Crippen molar-refractivity contribution in [3.8, 4) is 11.5 Å². The minimum atomic E-state index is -0.354. The lowest BCUT2D eigenvalue weighted by Gasteiger charge is -2.04. The third-order valence-corrected chi connectivity index (χ3v) is 5.74. The number of anilines is 1. The van der Waals surface area contributed by atoms with E-state index in [4.69, 9.17) is 13.6 Å². The normalized spacial score (nSPS) is 10.9. The van der Waals surface area contributed by atoms with E-state index in [-0.39, 0.29) is 30.5 Å². The molecular formula is C24H24N4O5S. The number of hydrogen-bond acceptors (Lipinski definition) is 8. The summed E-state index contributed by atoms with van der Waals surface area (Å²) in [4.78, 5) is 33.4. The fourth-order valence-electron chi connectivity index (χ4n) is 3.22. The molecule has 0 bridgehead atoms. The number of furan rings is 1. The number of carbonyl (C=O) groups is 2. The van der Waals surface area contributed by atoms with Gasteiger partial charge in [-0.05, 0) is 50.2 Å². The maximum Gasteiger partial charge on any atom is 0.291 e. The SMILES string of the molecule is COCc1ccc(C(=O)Nc2ccc(-c3nc(CNC(=O)Cc4csc(C)n4)c(C)o3)cc2)o1. The second-order valence-corrected chi connectivity index (χ2v) is 8.63. The standard InChI is InChI=1S/C24H24N4O5S/c1-14-20(11-25-22(29)10-18-13-34-15(2)26-18)28-24(32-14)16-4-6-17(7-5-16)27-23(30)21-9-8-19(33-21)12-31-3/h4-9,13H,10-12H2,1-3H3,(H,25,29)(H,27,30). The van der Waals surface area contributed by atoms with Crippen LogP contribution in [-0.2, 0) is 29.1 Å². The van der Waals surface area contributed by atoms with Gasteiger partial charge >= 0.3 is 0 Å². The Balaban J connectivity index is 1.34. The van der Waals surface area contributed by atoms with Gasteiger partial charge in [0.05, 0.1) is 23.7 Å². The average molecular weight is 481 g/mol. The van der Waals surface area contributed by atoms with E-state index in [1.807, 2.05) is 12.3 Å². The molecule has 0 aliphatic carbocycles. The molecule has 3 aromatic heterocycles. The monoisotopic (exact) mass is 480 g/mol. The number of aromatic nitrogens is 2. The second kappa shape index (κ2) is 10.4. The van der Waals surface area contributed by atoms with Gasteiger partial charge in [-0.3, -0.25) is 9.59 Å². The number of ether oxygens (including phenoxy) is 1. The van der Waals surface area contributed by atoms with Gasteiger partial charge in [0, 0.05) is 23.7 Å². The average Bonchev–Trinajstić information content (AvgIpc) is 3.54. The Kier molecular flexibility index (Phi) is 7.19. The fraction of sp³-hybridized carbons (Fsp3) is 0.250. The highest BCUT2D eigenvalue weighted by molar-refractivity contribution is 7.09. The van der Waals surface area contributed by atoms with E-state index in [0.29, 0.717) is 35.4 Å². The molecule has 176 valence electrons.